The first-order chi connectivity index (χ1) is 19.3. The van der Waals surface area contributed by atoms with Crippen molar-refractivity contribution in [2.45, 2.75) is 62.4 Å². The van der Waals surface area contributed by atoms with Gasteiger partial charge in [-0.05, 0) is 79.5 Å². The number of rotatable bonds is 9. The summed E-state index contributed by atoms with van der Waals surface area (Å²) in [5.41, 5.74) is 2.41. The van der Waals surface area contributed by atoms with Gasteiger partial charge in [-0.15, -0.1) is 0 Å². The third kappa shape index (κ3) is 6.60. The zero-order chi connectivity index (χ0) is 27.7. The number of hydrogen-bond donors (Lipinski definition) is 1. The lowest BCUT2D eigenvalue weighted by atomic mass is 9.48. The molecule has 8 heteroatoms. The summed E-state index contributed by atoms with van der Waals surface area (Å²) in [4.78, 5) is 30.1. The van der Waals surface area contributed by atoms with Crippen molar-refractivity contribution in [3.63, 3.8) is 0 Å². The van der Waals surface area contributed by atoms with E-state index >= 15 is 0 Å². The van der Waals surface area contributed by atoms with Crippen LogP contribution in [0, 0.1) is 17.3 Å². The van der Waals surface area contributed by atoms with Crippen LogP contribution in [0.3, 0.4) is 0 Å². The van der Waals surface area contributed by atoms with Gasteiger partial charge < -0.3 is 15.0 Å². The largest absolute Gasteiger partial charge is 0.489 e. The Morgan fingerprint density at radius 3 is 2.35 bits per heavy atom. The van der Waals surface area contributed by atoms with Crippen LogP contribution in [-0.4, -0.2) is 58.7 Å². The Kier molecular flexibility index (Phi) is 8.30. The van der Waals surface area contributed by atoms with Gasteiger partial charge in [0.15, 0.2) is 0 Å². The fraction of sp³-hybridized carbons (Fsp3) is 0.562. The van der Waals surface area contributed by atoms with E-state index in [1.807, 2.05) is 35.2 Å². The topological polar surface area (TPSA) is 61.9 Å². The van der Waals surface area contributed by atoms with Gasteiger partial charge in [0.2, 0.25) is 11.8 Å². The molecule has 1 aliphatic heterocycles. The van der Waals surface area contributed by atoms with Gasteiger partial charge in [0, 0.05) is 53.5 Å². The molecule has 2 aromatic rings. The smallest absolute Gasteiger partial charge is 0.242 e. The number of hydrogen-bond acceptors (Lipinski definition) is 4. The van der Waals surface area contributed by atoms with Crippen LogP contribution in [-0.2, 0) is 22.7 Å². The van der Waals surface area contributed by atoms with E-state index in [-0.39, 0.29) is 28.1 Å². The number of ether oxygens (including phenoxy) is 1. The first-order valence-corrected chi connectivity index (χ1v) is 16.3. The second kappa shape index (κ2) is 11.8. The summed E-state index contributed by atoms with van der Waals surface area (Å²) < 4.78 is 7.47. The summed E-state index contributed by atoms with van der Waals surface area (Å²) >= 11 is 7.52. The highest BCUT2D eigenvalue weighted by atomic mass is 79.9. The molecule has 0 spiro atoms. The van der Waals surface area contributed by atoms with Gasteiger partial charge in [0.1, 0.15) is 12.4 Å². The van der Waals surface area contributed by atoms with Crippen LogP contribution in [0.25, 0.3) is 0 Å². The fourth-order valence-corrected chi connectivity index (χ4v) is 9.92. The van der Waals surface area contributed by atoms with Crippen LogP contribution in [0.15, 0.2) is 53.0 Å². The molecule has 2 unspecified atom stereocenters. The summed E-state index contributed by atoms with van der Waals surface area (Å²) in [5.74, 6) is 2.49. The summed E-state index contributed by atoms with van der Waals surface area (Å²) in [6, 6.07) is 16.4. The summed E-state index contributed by atoms with van der Waals surface area (Å²) in [7, 11) is 0. The van der Waals surface area contributed by atoms with Crippen molar-refractivity contribution in [2.75, 3.05) is 32.7 Å². The van der Waals surface area contributed by atoms with E-state index < -0.39 is 0 Å². The molecule has 4 aliphatic carbocycles. The Morgan fingerprint density at radius 2 is 1.65 bits per heavy atom. The maximum Gasteiger partial charge on any atom is 0.242 e. The minimum atomic E-state index is 0.0219. The number of benzene rings is 2. The molecule has 0 aromatic heterocycles. The minimum absolute atomic E-state index is 0.0219. The normalized spacial score (nSPS) is 29.4. The number of piperazine rings is 1. The van der Waals surface area contributed by atoms with Crippen LogP contribution in [0.2, 0.25) is 0 Å². The van der Waals surface area contributed by atoms with Gasteiger partial charge in [-0.3, -0.25) is 14.5 Å². The highest BCUT2D eigenvalue weighted by Crippen LogP contribution is 2.65. The van der Waals surface area contributed by atoms with Crippen LogP contribution in [0.4, 0.5) is 0 Å². The van der Waals surface area contributed by atoms with E-state index in [4.69, 9.17) is 4.74 Å². The lowest BCUT2D eigenvalue weighted by Crippen LogP contribution is -2.54. The van der Waals surface area contributed by atoms with Crippen molar-refractivity contribution < 1.29 is 14.3 Å². The van der Waals surface area contributed by atoms with E-state index in [9.17, 15) is 9.59 Å². The lowest BCUT2D eigenvalue weighted by molar-refractivity contribution is -0.136. The number of carbonyl (C=O) groups excluding carboxylic acids is 2. The van der Waals surface area contributed by atoms with Gasteiger partial charge in [-0.1, -0.05) is 62.2 Å². The van der Waals surface area contributed by atoms with Crippen molar-refractivity contribution >= 4 is 43.7 Å². The van der Waals surface area contributed by atoms with E-state index in [2.05, 4.69) is 60.3 Å². The molecule has 5 fully saturated rings. The van der Waals surface area contributed by atoms with E-state index in [1.165, 1.54) is 32.1 Å². The monoisotopic (exact) mass is 671 g/mol. The van der Waals surface area contributed by atoms with Crippen LogP contribution < -0.4 is 10.1 Å². The number of alkyl halides is 1. The van der Waals surface area contributed by atoms with Crippen molar-refractivity contribution in [3.8, 4) is 5.75 Å². The van der Waals surface area contributed by atoms with Crippen molar-refractivity contribution in [2.24, 2.45) is 17.3 Å². The summed E-state index contributed by atoms with van der Waals surface area (Å²) in [6.45, 7) is 4.38. The molecule has 2 aromatic carbocycles. The third-order valence-electron chi connectivity index (χ3n) is 9.48. The van der Waals surface area contributed by atoms with Crippen LogP contribution in [0.1, 0.15) is 56.1 Å². The average molecular weight is 673 g/mol. The number of nitrogens with zero attached hydrogens (tertiary/aromatic N) is 2. The molecule has 7 rings (SSSR count). The van der Waals surface area contributed by atoms with Crippen LogP contribution >= 0.6 is 31.9 Å². The Balaban J connectivity index is 0.945. The fourth-order valence-electron chi connectivity index (χ4n) is 8.15. The maximum absolute atomic E-state index is 12.9. The molecule has 2 amide bonds. The standard InChI is InChI=1S/C32H39Br2N3O3/c33-27-7-5-23(6-8-27)21-40-28-4-2-1-3-26(28)20-36-9-11-37(12-10-36)30(39)19-35-29(38)18-31-14-24-13-25(15-31)17-32(34,16-24)22-31/h1-8,24-25H,9-22H2,(H,35,38). The Bertz CT molecular complexity index is 1210. The second-order valence-corrected chi connectivity index (χ2v) is 15.3. The van der Waals surface area contributed by atoms with E-state index in [1.54, 1.807) is 0 Å². The van der Waals surface area contributed by atoms with Crippen molar-refractivity contribution in [1.82, 2.24) is 15.1 Å². The zero-order valence-electron chi connectivity index (χ0n) is 23.0. The quantitative estimate of drug-likeness (QED) is 0.337. The number of para-hydroxylation sites is 1. The molecule has 4 saturated carbocycles. The highest BCUT2D eigenvalue weighted by Gasteiger charge is 2.57. The highest BCUT2D eigenvalue weighted by molar-refractivity contribution is 9.10. The van der Waals surface area contributed by atoms with E-state index in [0.29, 0.717) is 26.1 Å². The van der Waals surface area contributed by atoms with Gasteiger partial charge >= 0.3 is 0 Å². The molecule has 2 atom stereocenters. The molecule has 5 aliphatic rings. The van der Waals surface area contributed by atoms with Gasteiger partial charge in [-0.2, -0.15) is 0 Å². The lowest BCUT2D eigenvalue weighted by Gasteiger charge is -2.60. The van der Waals surface area contributed by atoms with Crippen LogP contribution in [0.5, 0.6) is 5.75 Å². The first-order valence-electron chi connectivity index (χ1n) is 14.7. The molecule has 40 heavy (non-hydrogen) atoms. The molecule has 1 saturated heterocycles. The number of carbonyl (C=O) groups is 2. The Labute approximate surface area is 254 Å². The third-order valence-corrected chi connectivity index (χ3v) is 10.9. The zero-order valence-corrected chi connectivity index (χ0v) is 26.2. The first kappa shape index (κ1) is 28.2. The number of nitrogens with one attached hydrogen (secondary N) is 1. The molecule has 1 N–H and O–H groups in total. The molecule has 6 nitrogen and oxygen atoms in total. The second-order valence-electron chi connectivity index (χ2n) is 12.7. The summed E-state index contributed by atoms with van der Waals surface area (Å²) in [5, 5.41) is 2.98. The maximum atomic E-state index is 12.9. The summed E-state index contributed by atoms with van der Waals surface area (Å²) in [6.07, 6.45) is 7.90. The number of halogens is 2. The number of amides is 2. The van der Waals surface area contributed by atoms with Crippen molar-refractivity contribution in [1.29, 1.82) is 0 Å². The predicted molar refractivity (Wildman–Crippen MR) is 163 cm³/mol. The Morgan fingerprint density at radius 1 is 0.950 bits per heavy atom. The Hall–Kier alpha value is -1.90. The molecular formula is C32H39Br2N3O3. The van der Waals surface area contributed by atoms with E-state index in [0.717, 1.165) is 59.2 Å². The van der Waals surface area contributed by atoms with Crippen molar-refractivity contribution in [3.05, 3.63) is 64.1 Å². The predicted octanol–water partition coefficient (Wildman–Crippen LogP) is 5.91. The minimum Gasteiger partial charge on any atom is -0.489 e. The molecule has 1 heterocycles. The SMILES string of the molecule is O=C(CC12CC3CC(CC(Br)(C3)C1)C2)NCC(=O)N1CCN(Cc2ccccc2OCc2ccc(Br)cc2)CC1. The average Bonchev–Trinajstić information content (AvgIpc) is 2.91. The molecule has 214 valence electrons. The molecular weight excluding hydrogens is 634 g/mol. The van der Waals surface area contributed by atoms with Gasteiger partial charge in [0.25, 0.3) is 0 Å². The molecule has 4 bridgehead atoms. The van der Waals surface area contributed by atoms with Gasteiger partial charge in [-0.25, -0.2) is 0 Å². The molecule has 0 radical (unpaired) electrons. The van der Waals surface area contributed by atoms with Gasteiger partial charge in [0.05, 0.1) is 6.54 Å².